The summed E-state index contributed by atoms with van der Waals surface area (Å²) in [4.78, 5) is 26.4. The molecule has 162 valence electrons. The molecule has 3 aromatic heterocycles. The molecule has 4 heterocycles. The number of aryl methyl sites for hydroxylation is 1. The van der Waals surface area contributed by atoms with E-state index in [1.807, 2.05) is 35.7 Å². The molecule has 8 heteroatoms. The number of hydrogen-bond acceptors (Lipinski definition) is 6. The molecule has 0 fully saturated rings. The van der Waals surface area contributed by atoms with Gasteiger partial charge in [-0.1, -0.05) is 37.3 Å². The van der Waals surface area contributed by atoms with Crippen LogP contribution in [-0.4, -0.2) is 31.8 Å². The standard InChI is InChI=1S/C24H25N7O/c1-14-11-26-13-18-19(14)22(27-12-16-7-4-3-5-8-16)30-23(29-18)20-15(2)28-24-17(21(25)32)9-6-10-31(20)24/h3-10,14,26H,11-13H2,1-2H3,(H2,25,32)(H,27,29,30). The maximum atomic E-state index is 11.9. The number of carbonyl (C=O) groups excluding carboxylic acids is 1. The van der Waals surface area contributed by atoms with Crippen LogP contribution in [0.2, 0.25) is 0 Å². The van der Waals surface area contributed by atoms with Gasteiger partial charge in [-0.25, -0.2) is 15.0 Å². The lowest BCUT2D eigenvalue weighted by molar-refractivity contribution is 0.100. The Morgan fingerprint density at radius 1 is 1.19 bits per heavy atom. The van der Waals surface area contributed by atoms with Crippen molar-refractivity contribution < 1.29 is 4.79 Å². The molecular weight excluding hydrogens is 402 g/mol. The first-order chi connectivity index (χ1) is 15.5. The molecule has 5 rings (SSSR count). The Bertz CT molecular complexity index is 1310. The number of imidazole rings is 1. The Morgan fingerprint density at radius 2 is 2.00 bits per heavy atom. The lowest BCUT2D eigenvalue weighted by Crippen LogP contribution is -2.29. The molecule has 0 bridgehead atoms. The molecule has 1 amide bonds. The highest BCUT2D eigenvalue weighted by Crippen LogP contribution is 2.32. The van der Waals surface area contributed by atoms with Gasteiger partial charge in [0.25, 0.3) is 5.91 Å². The molecule has 32 heavy (non-hydrogen) atoms. The van der Waals surface area contributed by atoms with E-state index in [9.17, 15) is 4.79 Å². The molecule has 1 unspecified atom stereocenters. The summed E-state index contributed by atoms with van der Waals surface area (Å²) in [6.45, 7) is 6.31. The van der Waals surface area contributed by atoms with Crippen LogP contribution in [0.15, 0.2) is 48.7 Å². The van der Waals surface area contributed by atoms with Crippen LogP contribution < -0.4 is 16.4 Å². The van der Waals surface area contributed by atoms with Crippen LogP contribution in [0.1, 0.15) is 45.7 Å². The second-order valence-corrected chi connectivity index (χ2v) is 8.15. The van der Waals surface area contributed by atoms with E-state index in [0.717, 1.165) is 35.0 Å². The third-order valence-corrected chi connectivity index (χ3v) is 5.86. The van der Waals surface area contributed by atoms with Crippen molar-refractivity contribution in [1.82, 2.24) is 24.7 Å². The normalized spacial score (nSPS) is 15.5. The van der Waals surface area contributed by atoms with Crippen LogP contribution >= 0.6 is 0 Å². The number of primary amides is 1. The molecule has 1 atom stereocenters. The fourth-order valence-corrected chi connectivity index (χ4v) is 4.34. The van der Waals surface area contributed by atoms with Gasteiger partial charge in [0.05, 0.1) is 17.0 Å². The number of carbonyl (C=O) groups is 1. The fraction of sp³-hybridized carbons (Fsp3) is 0.250. The topological polar surface area (TPSA) is 110 Å². The zero-order chi connectivity index (χ0) is 22.2. The van der Waals surface area contributed by atoms with Crippen LogP contribution in [0.25, 0.3) is 17.2 Å². The van der Waals surface area contributed by atoms with Crippen LogP contribution in [0.3, 0.4) is 0 Å². The molecule has 1 aliphatic heterocycles. The summed E-state index contributed by atoms with van der Waals surface area (Å²) in [5.74, 6) is 1.18. The number of amides is 1. The Morgan fingerprint density at radius 3 is 2.78 bits per heavy atom. The molecule has 1 aromatic carbocycles. The summed E-state index contributed by atoms with van der Waals surface area (Å²) in [5.41, 5.74) is 11.2. The van der Waals surface area contributed by atoms with Gasteiger partial charge in [-0.15, -0.1) is 0 Å². The Kier molecular flexibility index (Phi) is 5.07. The number of aromatic nitrogens is 4. The second kappa shape index (κ2) is 8.05. The van der Waals surface area contributed by atoms with Crippen molar-refractivity contribution in [2.45, 2.75) is 32.9 Å². The van der Waals surface area contributed by atoms with Gasteiger partial charge >= 0.3 is 0 Å². The van der Waals surface area contributed by atoms with E-state index in [-0.39, 0.29) is 5.92 Å². The largest absolute Gasteiger partial charge is 0.366 e. The molecule has 0 saturated carbocycles. The van der Waals surface area contributed by atoms with Crippen LogP contribution in [0, 0.1) is 6.92 Å². The number of fused-ring (bicyclic) bond motifs is 2. The molecule has 0 spiro atoms. The first kappa shape index (κ1) is 20.1. The predicted octanol–water partition coefficient (Wildman–Crippen LogP) is 3.02. The summed E-state index contributed by atoms with van der Waals surface area (Å²) >= 11 is 0. The SMILES string of the molecule is Cc1nc2c(C(N)=O)cccn2c1-c1nc2c(c(NCc3ccccc3)n1)C(C)CNC2. The van der Waals surface area contributed by atoms with Gasteiger partial charge in [-0.2, -0.15) is 0 Å². The predicted molar refractivity (Wildman–Crippen MR) is 123 cm³/mol. The highest BCUT2D eigenvalue weighted by atomic mass is 16.1. The fourth-order valence-electron chi connectivity index (χ4n) is 4.34. The lowest BCUT2D eigenvalue weighted by atomic mass is 9.96. The zero-order valence-corrected chi connectivity index (χ0v) is 18.1. The van der Waals surface area contributed by atoms with Gasteiger partial charge < -0.3 is 16.4 Å². The van der Waals surface area contributed by atoms with Crippen molar-refractivity contribution in [2.24, 2.45) is 5.73 Å². The molecule has 0 aliphatic carbocycles. The number of nitrogens with zero attached hydrogens (tertiary/aromatic N) is 4. The van der Waals surface area contributed by atoms with Crippen LogP contribution in [0.4, 0.5) is 5.82 Å². The first-order valence-electron chi connectivity index (χ1n) is 10.7. The van der Waals surface area contributed by atoms with Crippen molar-refractivity contribution in [3.63, 3.8) is 0 Å². The minimum absolute atomic E-state index is 0.288. The van der Waals surface area contributed by atoms with Gasteiger partial charge in [0, 0.05) is 31.4 Å². The maximum Gasteiger partial charge on any atom is 0.252 e. The van der Waals surface area contributed by atoms with E-state index in [1.165, 1.54) is 5.56 Å². The second-order valence-electron chi connectivity index (χ2n) is 8.15. The highest BCUT2D eigenvalue weighted by molar-refractivity contribution is 5.99. The molecule has 4 aromatic rings. The van der Waals surface area contributed by atoms with Crippen LogP contribution in [-0.2, 0) is 13.1 Å². The molecule has 0 saturated heterocycles. The number of nitrogens with one attached hydrogen (secondary N) is 2. The monoisotopic (exact) mass is 427 g/mol. The molecule has 1 aliphatic rings. The van der Waals surface area contributed by atoms with Gasteiger partial charge in [-0.05, 0) is 30.5 Å². The van der Waals surface area contributed by atoms with Gasteiger partial charge in [-0.3, -0.25) is 9.20 Å². The van der Waals surface area contributed by atoms with E-state index in [1.54, 1.807) is 12.1 Å². The Hall–Kier alpha value is -3.78. The van der Waals surface area contributed by atoms with Crippen molar-refractivity contribution in [3.05, 3.63) is 76.7 Å². The van der Waals surface area contributed by atoms with E-state index >= 15 is 0 Å². The van der Waals surface area contributed by atoms with Gasteiger partial charge in [0.15, 0.2) is 5.82 Å². The summed E-state index contributed by atoms with van der Waals surface area (Å²) in [6, 6.07) is 13.7. The van der Waals surface area contributed by atoms with E-state index < -0.39 is 5.91 Å². The lowest BCUT2D eigenvalue weighted by Gasteiger charge is -2.26. The highest BCUT2D eigenvalue weighted by Gasteiger charge is 2.26. The minimum atomic E-state index is -0.512. The number of anilines is 1. The number of rotatable bonds is 5. The smallest absolute Gasteiger partial charge is 0.252 e. The number of hydrogen-bond donors (Lipinski definition) is 3. The van der Waals surface area contributed by atoms with Gasteiger partial charge in [0.2, 0.25) is 0 Å². The Balaban J connectivity index is 1.65. The van der Waals surface area contributed by atoms with Crippen LogP contribution in [0.5, 0.6) is 0 Å². The molecule has 0 radical (unpaired) electrons. The number of benzene rings is 1. The number of nitrogens with two attached hydrogens (primary N) is 1. The molecular formula is C24H25N7O. The average Bonchev–Trinajstić information content (AvgIpc) is 3.13. The average molecular weight is 428 g/mol. The summed E-state index contributed by atoms with van der Waals surface area (Å²) in [6.07, 6.45) is 1.86. The van der Waals surface area contributed by atoms with Crippen molar-refractivity contribution in [3.8, 4) is 11.5 Å². The zero-order valence-electron chi connectivity index (χ0n) is 18.1. The van der Waals surface area contributed by atoms with E-state index in [2.05, 4.69) is 34.7 Å². The quantitative estimate of drug-likeness (QED) is 0.452. The van der Waals surface area contributed by atoms with E-state index in [0.29, 0.717) is 30.1 Å². The minimum Gasteiger partial charge on any atom is -0.366 e. The third-order valence-electron chi connectivity index (χ3n) is 5.86. The maximum absolute atomic E-state index is 11.9. The summed E-state index contributed by atoms with van der Waals surface area (Å²) < 4.78 is 1.85. The molecule has 4 N–H and O–H groups in total. The third kappa shape index (κ3) is 3.48. The number of pyridine rings is 1. The molecule has 8 nitrogen and oxygen atoms in total. The van der Waals surface area contributed by atoms with Gasteiger partial charge in [0.1, 0.15) is 17.2 Å². The summed E-state index contributed by atoms with van der Waals surface area (Å²) in [7, 11) is 0. The van der Waals surface area contributed by atoms with Crippen molar-refractivity contribution in [1.29, 1.82) is 0 Å². The Labute approximate surface area is 185 Å². The first-order valence-corrected chi connectivity index (χ1v) is 10.7. The van der Waals surface area contributed by atoms with Crippen molar-refractivity contribution >= 4 is 17.4 Å². The van der Waals surface area contributed by atoms with E-state index in [4.69, 9.17) is 15.7 Å². The summed E-state index contributed by atoms with van der Waals surface area (Å²) in [5, 5.41) is 6.97. The van der Waals surface area contributed by atoms with Crippen molar-refractivity contribution in [2.75, 3.05) is 11.9 Å².